The minimum Gasteiger partial charge on any atom is -0.508 e. The van der Waals surface area contributed by atoms with Gasteiger partial charge >= 0.3 is 12.1 Å². The van der Waals surface area contributed by atoms with Gasteiger partial charge in [0.1, 0.15) is 18.9 Å². The van der Waals surface area contributed by atoms with Crippen molar-refractivity contribution < 1.29 is 24.5 Å². The Morgan fingerprint density at radius 2 is 1.52 bits per heavy atom. The topological polar surface area (TPSA) is 95.9 Å². The average molecular weight is 419 g/mol. The number of nitrogens with one attached hydrogen (secondary N) is 1. The molecule has 0 saturated heterocycles. The van der Waals surface area contributed by atoms with Gasteiger partial charge in [-0.1, -0.05) is 66.2 Å². The Balaban J connectivity index is 0.000000254. The molecule has 3 N–H and O–H groups in total. The molecule has 0 radical (unpaired) electrons. The maximum atomic E-state index is 11.5. The summed E-state index contributed by atoms with van der Waals surface area (Å²) >= 11 is 0. The van der Waals surface area contributed by atoms with E-state index in [0.717, 1.165) is 27.8 Å². The van der Waals surface area contributed by atoms with E-state index in [0.29, 0.717) is 5.75 Å². The lowest BCUT2D eigenvalue weighted by atomic mass is 9.98. The number of hydrogen-bond acceptors (Lipinski definition) is 4. The number of ether oxygens (including phenoxy) is 1. The second kappa shape index (κ2) is 9.80. The van der Waals surface area contributed by atoms with Gasteiger partial charge in [-0.15, -0.1) is 0 Å². The molecule has 160 valence electrons. The fourth-order valence-corrected chi connectivity index (χ4v) is 3.60. The van der Waals surface area contributed by atoms with Crippen LogP contribution >= 0.6 is 0 Å². The van der Waals surface area contributed by atoms with E-state index >= 15 is 0 Å². The molecule has 3 aromatic rings. The normalized spacial score (nSPS) is 11.5. The van der Waals surface area contributed by atoms with Gasteiger partial charge in [0.15, 0.2) is 0 Å². The summed E-state index contributed by atoms with van der Waals surface area (Å²) in [5, 5.41) is 19.8. The zero-order valence-corrected chi connectivity index (χ0v) is 17.5. The predicted octanol–water partition coefficient (Wildman–Crippen LogP) is 4.62. The van der Waals surface area contributed by atoms with Gasteiger partial charge in [0.05, 0.1) is 0 Å². The van der Waals surface area contributed by atoms with E-state index in [1.165, 1.54) is 5.56 Å². The van der Waals surface area contributed by atoms with Crippen molar-refractivity contribution in [2.45, 2.75) is 19.8 Å². The van der Waals surface area contributed by atoms with E-state index in [4.69, 9.17) is 14.9 Å². The monoisotopic (exact) mass is 419 g/mol. The van der Waals surface area contributed by atoms with Crippen molar-refractivity contribution in [3.63, 3.8) is 0 Å². The van der Waals surface area contributed by atoms with Crippen molar-refractivity contribution in [1.82, 2.24) is 5.32 Å². The maximum Gasteiger partial charge on any atom is 0.407 e. The van der Waals surface area contributed by atoms with Gasteiger partial charge in [-0.2, -0.15) is 0 Å². The fourth-order valence-electron chi connectivity index (χ4n) is 3.60. The summed E-state index contributed by atoms with van der Waals surface area (Å²) in [4.78, 5) is 22.0. The van der Waals surface area contributed by atoms with Gasteiger partial charge in [0.25, 0.3) is 0 Å². The summed E-state index contributed by atoms with van der Waals surface area (Å²) in [6, 6.07) is 21.6. The molecule has 0 saturated carbocycles. The molecule has 0 aliphatic heterocycles. The summed E-state index contributed by atoms with van der Waals surface area (Å²) in [7, 11) is 0. The van der Waals surface area contributed by atoms with E-state index in [9.17, 15) is 9.59 Å². The van der Waals surface area contributed by atoms with Crippen molar-refractivity contribution in [3.8, 4) is 16.9 Å². The Bertz CT molecular complexity index is 1050. The number of aliphatic carboxylic acids is 1. The minimum absolute atomic E-state index is 0.0250. The van der Waals surface area contributed by atoms with Crippen LogP contribution in [0.1, 0.15) is 28.2 Å². The van der Waals surface area contributed by atoms with Gasteiger partial charge in [-0.3, -0.25) is 4.79 Å². The molecular weight excluding hydrogens is 394 g/mol. The number of phenolic OH excluding ortho intramolecular Hbond substituents is 1. The molecule has 0 unspecified atom stereocenters. The lowest BCUT2D eigenvalue weighted by molar-refractivity contribution is -0.135. The van der Waals surface area contributed by atoms with Crippen LogP contribution in [0.4, 0.5) is 4.79 Å². The predicted molar refractivity (Wildman–Crippen MR) is 118 cm³/mol. The highest BCUT2D eigenvalue weighted by Gasteiger charge is 2.28. The third-order valence-electron chi connectivity index (χ3n) is 5.08. The number of carboxylic acids is 1. The Hall–Kier alpha value is -3.80. The van der Waals surface area contributed by atoms with Crippen molar-refractivity contribution in [3.05, 3.63) is 89.0 Å². The first-order valence-electron chi connectivity index (χ1n) is 9.93. The van der Waals surface area contributed by atoms with Crippen LogP contribution in [-0.4, -0.2) is 35.4 Å². The van der Waals surface area contributed by atoms with E-state index in [2.05, 4.69) is 17.4 Å². The van der Waals surface area contributed by atoms with E-state index < -0.39 is 18.6 Å². The molecular formula is C25H25NO5. The van der Waals surface area contributed by atoms with Crippen molar-refractivity contribution in [1.29, 1.82) is 0 Å². The van der Waals surface area contributed by atoms with Crippen LogP contribution in [0.2, 0.25) is 0 Å². The first-order chi connectivity index (χ1) is 14.9. The second-order valence-electron chi connectivity index (χ2n) is 7.36. The molecule has 0 spiro atoms. The third kappa shape index (κ3) is 5.42. The number of alkyl carbamates (subject to hydrolysis) is 1. The number of rotatable bonds is 4. The molecule has 3 aromatic carbocycles. The molecule has 1 aliphatic carbocycles. The van der Waals surface area contributed by atoms with Crippen LogP contribution in [-0.2, 0) is 9.53 Å². The Kier molecular flexibility index (Phi) is 6.92. The summed E-state index contributed by atoms with van der Waals surface area (Å²) in [6.45, 7) is 3.63. The van der Waals surface area contributed by atoms with E-state index in [-0.39, 0.29) is 12.5 Å². The van der Waals surface area contributed by atoms with Crippen molar-refractivity contribution >= 4 is 12.1 Å². The molecule has 0 aromatic heterocycles. The van der Waals surface area contributed by atoms with Gasteiger partial charge in [-0.05, 0) is 47.7 Å². The zero-order chi connectivity index (χ0) is 22.4. The van der Waals surface area contributed by atoms with Crippen LogP contribution in [0.25, 0.3) is 11.1 Å². The summed E-state index contributed by atoms with van der Waals surface area (Å²) in [5.74, 6) is -0.753. The first kappa shape index (κ1) is 21.9. The zero-order valence-electron chi connectivity index (χ0n) is 17.5. The quantitative estimate of drug-likeness (QED) is 0.574. The van der Waals surface area contributed by atoms with Gasteiger partial charge in [-0.25, -0.2) is 4.79 Å². The van der Waals surface area contributed by atoms with Crippen molar-refractivity contribution in [2.75, 3.05) is 13.2 Å². The molecule has 4 rings (SSSR count). The Labute approximate surface area is 181 Å². The number of carbonyl (C=O) groups excluding carboxylic acids is 1. The Morgan fingerprint density at radius 3 is 2.03 bits per heavy atom. The largest absolute Gasteiger partial charge is 0.508 e. The minimum atomic E-state index is -1.10. The highest BCUT2D eigenvalue weighted by Crippen LogP contribution is 2.44. The standard InChI is InChI=1S/C17H15NO4.C8H10O/c19-16(20)9-18-17(21)22-10-15-13-7-3-1-5-11(13)12-6-2-4-8-14(12)15;1-6-3-4-8(9)7(2)5-6/h1-8,15H,9-10H2,(H,18,21)(H,19,20);3-5,9H,1-2H3. The molecule has 6 heteroatoms. The summed E-state index contributed by atoms with van der Waals surface area (Å²) < 4.78 is 5.18. The number of benzene rings is 3. The summed E-state index contributed by atoms with van der Waals surface area (Å²) in [5.41, 5.74) is 6.67. The highest BCUT2D eigenvalue weighted by molar-refractivity contribution is 5.79. The smallest absolute Gasteiger partial charge is 0.407 e. The molecule has 0 bridgehead atoms. The molecule has 1 aliphatic rings. The number of aryl methyl sites for hydroxylation is 2. The first-order valence-corrected chi connectivity index (χ1v) is 9.93. The molecule has 0 heterocycles. The Morgan fingerprint density at radius 1 is 0.935 bits per heavy atom. The lowest BCUT2D eigenvalue weighted by Crippen LogP contribution is -2.30. The van der Waals surface area contributed by atoms with Crippen molar-refractivity contribution in [2.24, 2.45) is 0 Å². The summed E-state index contributed by atoms with van der Waals surface area (Å²) in [6.07, 6.45) is -0.718. The number of aromatic hydroxyl groups is 1. The van der Waals surface area contributed by atoms with Crippen LogP contribution in [0, 0.1) is 13.8 Å². The maximum absolute atomic E-state index is 11.5. The average Bonchev–Trinajstić information content (AvgIpc) is 3.08. The number of phenols is 1. The fraction of sp³-hybridized carbons (Fsp3) is 0.200. The molecule has 6 nitrogen and oxygen atoms in total. The van der Waals surface area contributed by atoms with Crippen LogP contribution < -0.4 is 5.32 Å². The number of amides is 1. The molecule has 1 amide bonds. The van der Waals surface area contributed by atoms with Gasteiger partial charge < -0.3 is 20.3 Å². The number of carboxylic acid groups (broad SMARTS) is 1. The molecule has 0 atom stereocenters. The number of fused-ring (bicyclic) bond motifs is 3. The SMILES string of the molecule is Cc1ccc(O)c(C)c1.O=C(O)CNC(=O)OCC1c2ccccc2-c2ccccc21. The lowest BCUT2D eigenvalue weighted by Gasteiger charge is -2.14. The van der Waals surface area contributed by atoms with E-state index in [1.54, 1.807) is 6.07 Å². The molecule has 31 heavy (non-hydrogen) atoms. The van der Waals surface area contributed by atoms with E-state index in [1.807, 2.05) is 62.4 Å². The third-order valence-corrected chi connectivity index (χ3v) is 5.08. The van der Waals surface area contributed by atoms with Gasteiger partial charge in [0.2, 0.25) is 0 Å². The second-order valence-corrected chi connectivity index (χ2v) is 7.36. The van der Waals surface area contributed by atoms with Gasteiger partial charge in [0, 0.05) is 5.92 Å². The van der Waals surface area contributed by atoms with Crippen LogP contribution in [0.3, 0.4) is 0 Å². The number of carbonyl (C=O) groups is 2. The number of hydrogen-bond donors (Lipinski definition) is 3. The van der Waals surface area contributed by atoms with Crippen LogP contribution in [0.5, 0.6) is 5.75 Å². The van der Waals surface area contributed by atoms with Crippen LogP contribution in [0.15, 0.2) is 66.7 Å². The molecule has 0 fully saturated rings. The highest BCUT2D eigenvalue weighted by atomic mass is 16.5.